The van der Waals surface area contributed by atoms with E-state index in [0.717, 1.165) is 47.4 Å². The highest BCUT2D eigenvalue weighted by Crippen LogP contribution is 2.21. The van der Waals surface area contributed by atoms with Crippen LogP contribution in [0, 0.1) is 20.8 Å². The Hall–Kier alpha value is -3.40. The predicted molar refractivity (Wildman–Crippen MR) is 127 cm³/mol. The second-order valence-corrected chi connectivity index (χ2v) is 8.21. The summed E-state index contributed by atoms with van der Waals surface area (Å²) in [5.41, 5.74) is 7.79. The fourth-order valence-corrected chi connectivity index (χ4v) is 4.00. The lowest BCUT2D eigenvalue weighted by Gasteiger charge is -2.13. The van der Waals surface area contributed by atoms with Gasteiger partial charge in [0, 0.05) is 25.1 Å². The first-order valence-corrected chi connectivity index (χ1v) is 10.9. The van der Waals surface area contributed by atoms with Gasteiger partial charge < -0.3 is 9.88 Å². The molecule has 4 aromatic rings. The molecule has 0 fully saturated rings. The average Bonchev–Trinajstić information content (AvgIpc) is 3.11. The van der Waals surface area contributed by atoms with Crippen molar-refractivity contribution in [3.8, 4) is 0 Å². The van der Waals surface area contributed by atoms with Crippen molar-refractivity contribution >= 4 is 16.9 Å². The standard InChI is InChI=1S/C27H29N3O/c1-19-14-15-20(2)22(17-19)18-30-25-12-7-6-11-24(25)29-26(30)13-8-16-28-27(31)23-10-5-4-9-21(23)3/h4-7,9-12,14-15,17H,8,13,16,18H2,1-3H3,(H,28,31). The first kappa shape index (κ1) is 20.9. The average molecular weight is 412 g/mol. The van der Waals surface area contributed by atoms with E-state index in [1.807, 2.05) is 37.3 Å². The fraction of sp³-hybridized carbons (Fsp3) is 0.259. The summed E-state index contributed by atoms with van der Waals surface area (Å²) in [7, 11) is 0. The quantitative estimate of drug-likeness (QED) is 0.416. The van der Waals surface area contributed by atoms with E-state index in [0.29, 0.717) is 6.54 Å². The summed E-state index contributed by atoms with van der Waals surface area (Å²) < 4.78 is 2.32. The number of carbonyl (C=O) groups is 1. The predicted octanol–water partition coefficient (Wildman–Crippen LogP) is 5.37. The Morgan fingerprint density at radius 1 is 0.935 bits per heavy atom. The molecule has 4 heteroatoms. The molecule has 0 bridgehead atoms. The normalized spacial score (nSPS) is 11.1. The van der Waals surface area contributed by atoms with Crippen molar-refractivity contribution in [3.05, 3.63) is 100 Å². The molecule has 31 heavy (non-hydrogen) atoms. The van der Waals surface area contributed by atoms with Crippen molar-refractivity contribution in [1.29, 1.82) is 0 Å². The van der Waals surface area contributed by atoms with Crippen molar-refractivity contribution in [3.63, 3.8) is 0 Å². The van der Waals surface area contributed by atoms with Crippen LogP contribution in [0.2, 0.25) is 0 Å². The number of hydrogen-bond donors (Lipinski definition) is 1. The molecule has 1 aromatic heterocycles. The molecule has 0 aliphatic carbocycles. The van der Waals surface area contributed by atoms with Crippen molar-refractivity contribution in [2.24, 2.45) is 0 Å². The largest absolute Gasteiger partial charge is 0.352 e. The van der Waals surface area contributed by atoms with Crippen LogP contribution in [0.25, 0.3) is 11.0 Å². The van der Waals surface area contributed by atoms with E-state index in [-0.39, 0.29) is 5.91 Å². The van der Waals surface area contributed by atoms with Gasteiger partial charge in [0.05, 0.1) is 11.0 Å². The Balaban J connectivity index is 1.49. The fourth-order valence-electron chi connectivity index (χ4n) is 4.00. The van der Waals surface area contributed by atoms with Crippen LogP contribution in [0.3, 0.4) is 0 Å². The van der Waals surface area contributed by atoms with Gasteiger partial charge in [0.2, 0.25) is 0 Å². The number of aryl methyl sites for hydroxylation is 4. The molecular weight excluding hydrogens is 382 g/mol. The van der Waals surface area contributed by atoms with E-state index in [9.17, 15) is 4.79 Å². The van der Waals surface area contributed by atoms with E-state index in [2.05, 4.69) is 60.1 Å². The highest BCUT2D eigenvalue weighted by molar-refractivity contribution is 5.95. The van der Waals surface area contributed by atoms with Crippen LogP contribution in [-0.4, -0.2) is 22.0 Å². The molecule has 0 aliphatic heterocycles. The molecule has 0 atom stereocenters. The number of rotatable bonds is 7. The number of nitrogens with zero attached hydrogens (tertiary/aromatic N) is 2. The van der Waals surface area contributed by atoms with Gasteiger partial charge in [-0.1, -0.05) is 54.1 Å². The molecule has 0 saturated carbocycles. The molecule has 0 spiro atoms. The number of imidazole rings is 1. The maximum absolute atomic E-state index is 12.5. The molecule has 0 saturated heterocycles. The van der Waals surface area contributed by atoms with Gasteiger partial charge in [0.25, 0.3) is 5.91 Å². The SMILES string of the molecule is Cc1ccc(C)c(Cn2c(CCCNC(=O)c3ccccc3C)nc3ccccc32)c1. The lowest BCUT2D eigenvalue weighted by atomic mass is 10.1. The number of amides is 1. The van der Waals surface area contributed by atoms with Crippen LogP contribution in [0.5, 0.6) is 0 Å². The number of carbonyl (C=O) groups excluding carboxylic acids is 1. The summed E-state index contributed by atoms with van der Waals surface area (Å²) >= 11 is 0. The van der Waals surface area contributed by atoms with E-state index >= 15 is 0 Å². The van der Waals surface area contributed by atoms with Gasteiger partial charge in [0.1, 0.15) is 5.82 Å². The Bertz CT molecular complexity index is 1220. The number of para-hydroxylation sites is 2. The molecule has 1 heterocycles. The summed E-state index contributed by atoms with van der Waals surface area (Å²) in [5, 5.41) is 3.05. The smallest absolute Gasteiger partial charge is 0.251 e. The topological polar surface area (TPSA) is 46.9 Å². The van der Waals surface area contributed by atoms with Crippen molar-refractivity contribution in [2.75, 3.05) is 6.54 Å². The van der Waals surface area contributed by atoms with Crippen molar-refractivity contribution < 1.29 is 4.79 Å². The highest BCUT2D eigenvalue weighted by Gasteiger charge is 2.13. The van der Waals surface area contributed by atoms with Gasteiger partial charge >= 0.3 is 0 Å². The minimum absolute atomic E-state index is 0.0120. The van der Waals surface area contributed by atoms with Crippen LogP contribution in [0.15, 0.2) is 66.7 Å². The zero-order valence-corrected chi connectivity index (χ0v) is 18.5. The Morgan fingerprint density at radius 3 is 2.55 bits per heavy atom. The highest BCUT2D eigenvalue weighted by atomic mass is 16.1. The van der Waals surface area contributed by atoms with Gasteiger partial charge in [-0.3, -0.25) is 4.79 Å². The number of hydrogen-bond acceptors (Lipinski definition) is 2. The van der Waals surface area contributed by atoms with E-state index in [1.165, 1.54) is 16.7 Å². The molecule has 1 N–H and O–H groups in total. The summed E-state index contributed by atoms with van der Waals surface area (Å²) in [4.78, 5) is 17.4. The molecule has 0 unspecified atom stereocenters. The van der Waals surface area contributed by atoms with Gasteiger partial charge in [-0.15, -0.1) is 0 Å². The molecule has 1 amide bonds. The number of fused-ring (bicyclic) bond motifs is 1. The van der Waals surface area contributed by atoms with E-state index in [1.54, 1.807) is 0 Å². The molecular formula is C27H29N3O. The molecule has 0 aliphatic rings. The van der Waals surface area contributed by atoms with Gasteiger partial charge in [-0.2, -0.15) is 0 Å². The summed E-state index contributed by atoms with van der Waals surface area (Å²) in [6.45, 7) is 7.69. The van der Waals surface area contributed by atoms with Crippen LogP contribution in [0.4, 0.5) is 0 Å². The molecule has 0 radical (unpaired) electrons. The second-order valence-electron chi connectivity index (χ2n) is 8.21. The zero-order chi connectivity index (χ0) is 21.8. The maximum Gasteiger partial charge on any atom is 0.251 e. The van der Waals surface area contributed by atoms with Crippen LogP contribution in [0.1, 0.15) is 44.9 Å². The van der Waals surface area contributed by atoms with Gasteiger partial charge in [-0.05, 0) is 62.1 Å². The van der Waals surface area contributed by atoms with Crippen molar-refractivity contribution in [1.82, 2.24) is 14.9 Å². The molecule has 4 rings (SSSR count). The third kappa shape index (κ3) is 4.69. The van der Waals surface area contributed by atoms with Crippen LogP contribution in [-0.2, 0) is 13.0 Å². The molecule has 3 aromatic carbocycles. The maximum atomic E-state index is 12.5. The van der Waals surface area contributed by atoms with Gasteiger partial charge in [0.15, 0.2) is 0 Å². The van der Waals surface area contributed by atoms with E-state index < -0.39 is 0 Å². The lowest BCUT2D eigenvalue weighted by molar-refractivity contribution is 0.0952. The number of nitrogens with one attached hydrogen (secondary N) is 1. The first-order chi connectivity index (χ1) is 15.0. The number of benzene rings is 3. The van der Waals surface area contributed by atoms with Crippen LogP contribution >= 0.6 is 0 Å². The summed E-state index contributed by atoms with van der Waals surface area (Å²) in [5.74, 6) is 1.05. The minimum Gasteiger partial charge on any atom is -0.352 e. The third-order valence-corrected chi connectivity index (χ3v) is 5.82. The second kappa shape index (κ2) is 9.17. The monoisotopic (exact) mass is 411 g/mol. The molecule has 158 valence electrons. The minimum atomic E-state index is -0.0120. The Kier molecular flexibility index (Phi) is 6.17. The zero-order valence-electron chi connectivity index (χ0n) is 18.5. The Morgan fingerprint density at radius 2 is 1.71 bits per heavy atom. The first-order valence-electron chi connectivity index (χ1n) is 10.9. The van der Waals surface area contributed by atoms with E-state index in [4.69, 9.17) is 4.98 Å². The summed E-state index contributed by atoms with van der Waals surface area (Å²) in [6.07, 6.45) is 1.65. The Labute approximate surface area is 183 Å². The molecule has 4 nitrogen and oxygen atoms in total. The number of aromatic nitrogens is 2. The van der Waals surface area contributed by atoms with Gasteiger partial charge in [-0.25, -0.2) is 4.98 Å². The van der Waals surface area contributed by atoms with Crippen molar-refractivity contribution in [2.45, 2.75) is 40.2 Å². The lowest BCUT2D eigenvalue weighted by Crippen LogP contribution is -2.25. The third-order valence-electron chi connectivity index (χ3n) is 5.82. The summed E-state index contributed by atoms with van der Waals surface area (Å²) in [6, 6.07) is 22.6. The van der Waals surface area contributed by atoms with Crippen LogP contribution < -0.4 is 5.32 Å².